The lowest BCUT2D eigenvalue weighted by Gasteiger charge is -2.24. The van der Waals surface area contributed by atoms with E-state index in [4.69, 9.17) is 10.8 Å². The Morgan fingerprint density at radius 1 is 1.26 bits per heavy atom. The Morgan fingerprint density at radius 2 is 1.89 bits per heavy atom. The maximum Gasteiger partial charge on any atom is 0.242 e. The van der Waals surface area contributed by atoms with Crippen LogP contribution in [0.3, 0.4) is 0 Å². The van der Waals surface area contributed by atoms with Gasteiger partial charge in [0.05, 0.1) is 6.04 Å². The molecule has 0 radical (unpaired) electrons. The molecule has 0 aromatic rings. The summed E-state index contributed by atoms with van der Waals surface area (Å²) >= 11 is 0. The third-order valence-corrected chi connectivity index (χ3v) is 3.30. The molecule has 5 N–H and O–H groups in total. The van der Waals surface area contributed by atoms with E-state index in [9.17, 15) is 9.59 Å². The monoisotopic (exact) mass is 273 g/mol. The van der Waals surface area contributed by atoms with Crippen molar-refractivity contribution in [2.45, 2.75) is 51.6 Å². The van der Waals surface area contributed by atoms with Gasteiger partial charge in [0.25, 0.3) is 0 Å². The molecule has 6 heteroatoms. The zero-order valence-corrected chi connectivity index (χ0v) is 12.1. The number of hydrogen-bond acceptors (Lipinski definition) is 4. The molecule has 0 aromatic heterocycles. The lowest BCUT2D eigenvalue weighted by molar-refractivity contribution is -0.130. The predicted octanol–water partition coefficient (Wildman–Crippen LogP) is -0.247. The van der Waals surface area contributed by atoms with E-state index in [0.717, 1.165) is 6.42 Å². The first-order valence-electron chi connectivity index (χ1n) is 6.86. The fourth-order valence-corrected chi connectivity index (χ4v) is 1.72. The largest absolute Gasteiger partial charge is 0.396 e. The van der Waals surface area contributed by atoms with Gasteiger partial charge in [-0.25, -0.2) is 0 Å². The molecular weight excluding hydrogens is 246 g/mol. The van der Waals surface area contributed by atoms with E-state index in [0.29, 0.717) is 19.3 Å². The number of likely N-dealkylation sites (N-methyl/N-ethyl adjacent to an activating group) is 1. The minimum Gasteiger partial charge on any atom is -0.396 e. The molecule has 112 valence electrons. The molecule has 0 saturated heterocycles. The zero-order chi connectivity index (χ0) is 14.8. The zero-order valence-electron chi connectivity index (χ0n) is 12.1. The van der Waals surface area contributed by atoms with Gasteiger partial charge in [-0.15, -0.1) is 0 Å². The first-order chi connectivity index (χ1) is 8.97. The van der Waals surface area contributed by atoms with Crippen molar-refractivity contribution in [3.63, 3.8) is 0 Å². The van der Waals surface area contributed by atoms with Crippen LogP contribution in [0.2, 0.25) is 0 Å². The van der Waals surface area contributed by atoms with Gasteiger partial charge < -0.3 is 21.5 Å². The van der Waals surface area contributed by atoms with Crippen LogP contribution in [0.25, 0.3) is 0 Å². The van der Waals surface area contributed by atoms with Gasteiger partial charge in [0.2, 0.25) is 11.8 Å². The van der Waals surface area contributed by atoms with E-state index in [2.05, 4.69) is 10.6 Å². The van der Waals surface area contributed by atoms with E-state index in [-0.39, 0.29) is 24.3 Å². The number of hydrogen-bond donors (Lipinski definition) is 4. The Balaban J connectivity index is 4.41. The normalized spacial score (nSPS) is 15.4. The molecule has 6 nitrogen and oxygen atoms in total. The van der Waals surface area contributed by atoms with Gasteiger partial charge in [0, 0.05) is 13.7 Å². The van der Waals surface area contributed by atoms with Crippen LogP contribution in [-0.2, 0) is 9.59 Å². The summed E-state index contributed by atoms with van der Waals surface area (Å²) in [5.41, 5.74) is 5.76. The summed E-state index contributed by atoms with van der Waals surface area (Å²) in [7, 11) is 1.55. The van der Waals surface area contributed by atoms with E-state index < -0.39 is 12.1 Å². The van der Waals surface area contributed by atoms with Crippen LogP contribution < -0.4 is 16.4 Å². The second-order valence-electron chi connectivity index (χ2n) is 4.81. The SMILES string of the molecule is CC[C@@H](C)[C@H](NC(=O)[C@@H](N)CCCCO)C(=O)NC. The lowest BCUT2D eigenvalue weighted by atomic mass is 9.97. The summed E-state index contributed by atoms with van der Waals surface area (Å²) in [4.78, 5) is 23.6. The summed E-state index contributed by atoms with van der Waals surface area (Å²) in [6.45, 7) is 3.98. The number of aliphatic hydroxyl groups is 1. The van der Waals surface area contributed by atoms with Gasteiger partial charge in [-0.2, -0.15) is 0 Å². The van der Waals surface area contributed by atoms with Crippen molar-refractivity contribution in [1.82, 2.24) is 10.6 Å². The predicted molar refractivity (Wildman–Crippen MR) is 74.4 cm³/mol. The molecular formula is C13H27N3O3. The molecule has 0 rings (SSSR count). The minimum atomic E-state index is -0.636. The van der Waals surface area contributed by atoms with Gasteiger partial charge in [-0.05, 0) is 25.2 Å². The smallest absolute Gasteiger partial charge is 0.242 e. The number of carbonyl (C=O) groups is 2. The molecule has 0 heterocycles. The van der Waals surface area contributed by atoms with Crippen molar-refractivity contribution >= 4 is 11.8 Å². The highest BCUT2D eigenvalue weighted by molar-refractivity contribution is 5.89. The first-order valence-corrected chi connectivity index (χ1v) is 6.86. The number of nitrogens with two attached hydrogens (primary N) is 1. The summed E-state index contributed by atoms with van der Waals surface area (Å²) in [6.07, 6.45) is 2.62. The number of unbranched alkanes of at least 4 members (excludes halogenated alkanes) is 1. The van der Waals surface area contributed by atoms with Crippen LogP contribution in [0.5, 0.6) is 0 Å². The second-order valence-corrected chi connectivity index (χ2v) is 4.81. The molecule has 0 aliphatic carbocycles. The standard InChI is InChI=1S/C13H27N3O3/c1-4-9(2)11(13(19)15-3)16-12(18)10(14)7-5-6-8-17/h9-11,17H,4-8,14H2,1-3H3,(H,15,19)(H,16,18)/t9-,10+,11+/m1/s1. The van der Waals surface area contributed by atoms with Crippen LogP contribution >= 0.6 is 0 Å². The van der Waals surface area contributed by atoms with Gasteiger partial charge in [0.15, 0.2) is 0 Å². The van der Waals surface area contributed by atoms with Crippen LogP contribution in [0.15, 0.2) is 0 Å². The van der Waals surface area contributed by atoms with Crippen LogP contribution in [0, 0.1) is 5.92 Å². The average Bonchev–Trinajstić information content (AvgIpc) is 2.42. The van der Waals surface area contributed by atoms with Crippen molar-refractivity contribution in [1.29, 1.82) is 0 Å². The van der Waals surface area contributed by atoms with Gasteiger partial charge in [0.1, 0.15) is 6.04 Å². The fraction of sp³-hybridized carbons (Fsp3) is 0.846. The van der Waals surface area contributed by atoms with Crippen molar-refractivity contribution < 1.29 is 14.7 Å². The number of carbonyl (C=O) groups excluding carboxylic acids is 2. The summed E-state index contributed by atoms with van der Waals surface area (Å²) in [6, 6.07) is -1.19. The highest BCUT2D eigenvalue weighted by atomic mass is 16.3. The van der Waals surface area contributed by atoms with Crippen LogP contribution in [0.1, 0.15) is 39.5 Å². The van der Waals surface area contributed by atoms with Gasteiger partial charge in [-0.1, -0.05) is 20.3 Å². The second kappa shape index (κ2) is 9.75. The Labute approximate surface area is 115 Å². The summed E-state index contributed by atoms with van der Waals surface area (Å²) < 4.78 is 0. The van der Waals surface area contributed by atoms with E-state index in [1.807, 2.05) is 13.8 Å². The van der Waals surface area contributed by atoms with E-state index in [1.54, 1.807) is 7.05 Å². The molecule has 3 atom stereocenters. The Bertz CT molecular complexity index is 284. The molecule has 0 aliphatic rings. The third-order valence-electron chi connectivity index (χ3n) is 3.30. The number of rotatable bonds is 9. The topological polar surface area (TPSA) is 104 Å². The van der Waals surface area contributed by atoms with E-state index >= 15 is 0 Å². The first kappa shape index (κ1) is 17.9. The van der Waals surface area contributed by atoms with Crippen molar-refractivity contribution in [2.24, 2.45) is 11.7 Å². The maximum absolute atomic E-state index is 11.9. The molecule has 2 amide bonds. The number of amides is 2. The van der Waals surface area contributed by atoms with Crippen LogP contribution in [-0.4, -0.2) is 42.7 Å². The Morgan fingerprint density at radius 3 is 2.37 bits per heavy atom. The number of nitrogens with one attached hydrogen (secondary N) is 2. The molecule has 0 bridgehead atoms. The Kier molecular flexibility index (Phi) is 9.16. The molecule has 0 saturated carbocycles. The highest BCUT2D eigenvalue weighted by Crippen LogP contribution is 2.08. The van der Waals surface area contributed by atoms with Crippen molar-refractivity contribution in [2.75, 3.05) is 13.7 Å². The summed E-state index contributed by atoms with van der Waals surface area (Å²) in [5.74, 6) is -0.467. The quantitative estimate of drug-likeness (QED) is 0.435. The van der Waals surface area contributed by atoms with Crippen LogP contribution in [0.4, 0.5) is 0 Å². The number of aliphatic hydroxyl groups excluding tert-OH is 1. The van der Waals surface area contributed by atoms with Gasteiger partial charge in [-0.3, -0.25) is 9.59 Å². The highest BCUT2D eigenvalue weighted by Gasteiger charge is 2.26. The average molecular weight is 273 g/mol. The molecule has 0 fully saturated rings. The Hall–Kier alpha value is -1.14. The molecule has 0 aliphatic heterocycles. The fourth-order valence-electron chi connectivity index (χ4n) is 1.72. The van der Waals surface area contributed by atoms with Crippen molar-refractivity contribution in [3.05, 3.63) is 0 Å². The molecule has 19 heavy (non-hydrogen) atoms. The molecule has 0 aromatic carbocycles. The van der Waals surface area contributed by atoms with Gasteiger partial charge >= 0.3 is 0 Å². The third kappa shape index (κ3) is 6.54. The lowest BCUT2D eigenvalue weighted by Crippen LogP contribution is -2.53. The maximum atomic E-state index is 11.9. The van der Waals surface area contributed by atoms with Crippen molar-refractivity contribution in [3.8, 4) is 0 Å². The summed E-state index contributed by atoms with van der Waals surface area (Å²) in [5, 5.41) is 13.9. The molecule has 0 unspecified atom stereocenters. The van der Waals surface area contributed by atoms with E-state index in [1.165, 1.54) is 0 Å². The minimum absolute atomic E-state index is 0.0496. The molecule has 0 spiro atoms.